The number of nitrogens with zero attached hydrogens (tertiary/aromatic N) is 2. The first kappa shape index (κ1) is 23.9. The second-order valence-corrected chi connectivity index (χ2v) is 8.81. The Hall–Kier alpha value is -4.23. The maximum atomic E-state index is 13.6. The van der Waals surface area contributed by atoms with Crippen LogP contribution in [0.5, 0.6) is 0 Å². The second-order valence-electron chi connectivity index (χ2n) is 7.24. The number of rotatable bonds is 5. The molecule has 1 aromatic heterocycles. The normalized spacial score (nSPS) is 15.5. The molecule has 0 radical (unpaired) electrons. The Labute approximate surface area is 195 Å². The van der Waals surface area contributed by atoms with Gasteiger partial charge in [-0.05, 0) is 54.6 Å². The molecule has 35 heavy (non-hydrogen) atoms. The molecule has 1 aliphatic heterocycles. The van der Waals surface area contributed by atoms with Gasteiger partial charge in [-0.15, -0.1) is 0 Å². The van der Waals surface area contributed by atoms with E-state index < -0.39 is 39.4 Å². The molecule has 0 saturated heterocycles. The summed E-state index contributed by atoms with van der Waals surface area (Å²) >= 11 is 0. The fraction of sp³-hybridized carbons (Fsp3) is 0.0455. The summed E-state index contributed by atoms with van der Waals surface area (Å²) in [4.78, 5) is 23.5. The second kappa shape index (κ2) is 8.52. The summed E-state index contributed by atoms with van der Waals surface area (Å²) in [6.45, 7) is 0. The predicted octanol–water partition coefficient (Wildman–Crippen LogP) is 3.64. The Morgan fingerprint density at radius 3 is 2.20 bits per heavy atom. The molecule has 9 nitrogen and oxygen atoms in total. The number of carbonyl (C=O) groups is 2. The Balaban J connectivity index is 1.67. The fourth-order valence-corrected chi connectivity index (χ4v) is 3.73. The van der Waals surface area contributed by atoms with Crippen molar-refractivity contribution in [3.05, 3.63) is 77.6 Å². The van der Waals surface area contributed by atoms with Gasteiger partial charge in [-0.2, -0.15) is 23.3 Å². The zero-order valence-corrected chi connectivity index (χ0v) is 18.2. The Morgan fingerprint density at radius 2 is 1.66 bits per heavy atom. The smallest absolute Gasteiger partial charge is 0.435 e. The highest BCUT2D eigenvalue weighted by atomic mass is 32.2. The van der Waals surface area contributed by atoms with Crippen molar-refractivity contribution >= 4 is 39.4 Å². The Bertz CT molecular complexity index is 1490. The van der Waals surface area contributed by atoms with Crippen molar-refractivity contribution < 1.29 is 40.7 Å². The third kappa shape index (κ3) is 4.85. The number of benzene rings is 2. The summed E-state index contributed by atoms with van der Waals surface area (Å²) in [7, 11) is -4.04. The standard InChI is InChI=1S/C22H14F3N3O6S/c23-22(24,25)19-17(20(29)28(27-19)14-5-8-16(9-6-14)35(26,32)33)11-15-7-10-18(34-15)12-1-3-13(4-2-12)21(30)31/h1-11H,(H,30,31)(H2,26,32,33)/b17-11-. The van der Waals surface area contributed by atoms with E-state index >= 15 is 0 Å². The number of hydrazone groups is 1. The molecular weight excluding hydrogens is 491 g/mol. The number of carbonyl (C=O) groups excluding carboxylic acids is 1. The topological polar surface area (TPSA) is 143 Å². The lowest BCUT2D eigenvalue weighted by Crippen LogP contribution is -2.25. The van der Waals surface area contributed by atoms with Crippen molar-refractivity contribution in [3.63, 3.8) is 0 Å². The lowest BCUT2D eigenvalue weighted by molar-refractivity contribution is -0.114. The highest BCUT2D eigenvalue weighted by Gasteiger charge is 2.47. The van der Waals surface area contributed by atoms with Crippen LogP contribution in [0.3, 0.4) is 0 Å². The number of halogens is 3. The van der Waals surface area contributed by atoms with Gasteiger partial charge in [0.2, 0.25) is 10.0 Å². The molecule has 0 bridgehead atoms. The maximum Gasteiger partial charge on any atom is 0.435 e. The van der Waals surface area contributed by atoms with Crippen molar-refractivity contribution in [2.75, 3.05) is 5.01 Å². The minimum atomic E-state index is -4.97. The van der Waals surface area contributed by atoms with Crippen LogP contribution in [0.1, 0.15) is 16.1 Å². The Kier molecular flexibility index (Phi) is 5.82. The monoisotopic (exact) mass is 505 g/mol. The molecule has 1 amide bonds. The number of primary sulfonamides is 1. The summed E-state index contributed by atoms with van der Waals surface area (Å²) in [5.74, 6) is -2.07. The molecule has 1 aliphatic rings. The number of sulfonamides is 1. The molecule has 3 aromatic rings. The van der Waals surface area contributed by atoms with Crippen LogP contribution in [-0.4, -0.2) is 37.3 Å². The SMILES string of the molecule is NS(=O)(=O)c1ccc(N2N=C(C(F)(F)F)/C(=C/c3ccc(-c4ccc(C(=O)O)cc4)o3)C2=O)cc1. The zero-order chi connectivity index (χ0) is 25.5. The van der Waals surface area contributed by atoms with Crippen molar-refractivity contribution in [1.82, 2.24) is 0 Å². The fourth-order valence-electron chi connectivity index (χ4n) is 3.21. The molecule has 0 fully saturated rings. The average molecular weight is 505 g/mol. The molecule has 180 valence electrons. The first-order valence-corrected chi connectivity index (χ1v) is 11.2. The minimum absolute atomic E-state index is 0.0439. The number of hydrogen-bond donors (Lipinski definition) is 2. The van der Waals surface area contributed by atoms with Gasteiger partial charge in [-0.3, -0.25) is 4.79 Å². The van der Waals surface area contributed by atoms with Gasteiger partial charge in [0.15, 0.2) is 5.71 Å². The lowest BCUT2D eigenvalue weighted by atomic mass is 10.1. The van der Waals surface area contributed by atoms with Crippen LogP contribution in [0.2, 0.25) is 0 Å². The van der Waals surface area contributed by atoms with Gasteiger partial charge in [-0.1, -0.05) is 12.1 Å². The lowest BCUT2D eigenvalue weighted by Gasteiger charge is -2.11. The van der Waals surface area contributed by atoms with Gasteiger partial charge in [0.1, 0.15) is 11.5 Å². The number of furan rings is 1. The molecule has 0 aliphatic carbocycles. The van der Waals surface area contributed by atoms with Crippen LogP contribution >= 0.6 is 0 Å². The average Bonchev–Trinajstić information content (AvgIpc) is 3.38. The highest BCUT2D eigenvalue weighted by molar-refractivity contribution is 7.89. The number of anilines is 1. The van der Waals surface area contributed by atoms with Crippen LogP contribution in [0.25, 0.3) is 17.4 Å². The third-order valence-corrected chi connectivity index (χ3v) is 5.82. The van der Waals surface area contributed by atoms with Crippen molar-refractivity contribution in [2.24, 2.45) is 10.2 Å². The van der Waals surface area contributed by atoms with Gasteiger partial charge in [-0.25, -0.2) is 18.4 Å². The van der Waals surface area contributed by atoms with Crippen LogP contribution in [-0.2, 0) is 14.8 Å². The summed E-state index contributed by atoms with van der Waals surface area (Å²) in [6, 6.07) is 12.7. The van der Waals surface area contributed by atoms with Crippen LogP contribution in [0, 0.1) is 0 Å². The van der Waals surface area contributed by atoms with Gasteiger partial charge in [0.05, 0.1) is 21.7 Å². The van der Waals surface area contributed by atoms with Crippen molar-refractivity contribution in [1.29, 1.82) is 0 Å². The number of nitrogens with two attached hydrogens (primary N) is 1. The molecule has 2 aromatic carbocycles. The number of carboxylic acids is 1. The van der Waals surface area contributed by atoms with E-state index in [-0.39, 0.29) is 27.7 Å². The first-order valence-electron chi connectivity index (χ1n) is 9.63. The summed E-state index contributed by atoms with van der Waals surface area (Å²) in [6.07, 6.45) is -4.08. The van der Waals surface area contributed by atoms with Crippen LogP contribution in [0.4, 0.5) is 18.9 Å². The zero-order valence-electron chi connectivity index (χ0n) is 17.4. The van der Waals surface area contributed by atoms with Crippen LogP contribution < -0.4 is 10.1 Å². The summed E-state index contributed by atoms with van der Waals surface area (Å²) in [5, 5.41) is 17.9. The molecular formula is C22H14F3N3O6S. The van der Waals surface area contributed by atoms with E-state index in [2.05, 4.69) is 5.10 Å². The Morgan fingerprint density at radius 1 is 1.03 bits per heavy atom. The van der Waals surface area contributed by atoms with Gasteiger partial charge < -0.3 is 9.52 Å². The van der Waals surface area contributed by atoms with E-state index in [0.717, 1.165) is 30.3 Å². The largest absolute Gasteiger partial charge is 0.478 e. The maximum absolute atomic E-state index is 13.6. The third-order valence-electron chi connectivity index (χ3n) is 4.89. The van der Waals surface area contributed by atoms with E-state index in [1.165, 1.54) is 36.4 Å². The number of aromatic carboxylic acids is 1. The quantitative estimate of drug-likeness (QED) is 0.507. The predicted molar refractivity (Wildman–Crippen MR) is 118 cm³/mol. The summed E-state index contributed by atoms with van der Waals surface area (Å²) < 4.78 is 69.3. The molecule has 0 atom stereocenters. The number of alkyl halides is 3. The van der Waals surface area contributed by atoms with Gasteiger partial charge in [0.25, 0.3) is 5.91 Å². The van der Waals surface area contributed by atoms with E-state index in [1.54, 1.807) is 0 Å². The van der Waals surface area contributed by atoms with E-state index in [4.69, 9.17) is 14.7 Å². The number of carboxylic acid groups (broad SMARTS) is 1. The molecule has 3 N–H and O–H groups in total. The molecule has 0 spiro atoms. The number of hydrogen-bond acceptors (Lipinski definition) is 6. The molecule has 2 heterocycles. The molecule has 0 saturated carbocycles. The first-order chi connectivity index (χ1) is 16.3. The van der Waals surface area contributed by atoms with E-state index in [0.29, 0.717) is 10.6 Å². The van der Waals surface area contributed by atoms with E-state index in [1.807, 2.05) is 0 Å². The minimum Gasteiger partial charge on any atom is -0.478 e. The molecule has 0 unspecified atom stereocenters. The summed E-state index contributed by atoms with van der Waals surface area (Å²) in [5.41, 5.74) is -1.83. The highest BCUT2D eigenvalue weighted by Crippen LogP contribution is 2.33. The molecule has 13 heteroatoms. The van der Waals surface area contributed by atoms with Gasteiger partial charge >= 0.3 is 12.1 Å². The van der Waals surface area contributed by atoms with E-state index in [9.17, 15) is 31.2 Å². The van der Waals surface area contributed by atoms with Crippen LogP contribution in [0.15, 0.2) is 80.7 Å². The van der Waals surface area contributed by atoms with Crippen molar-refractivity contribution in [2.45, 2.75) is 11.1 Å². The number of amides is 1. The molecule has 4 rings (SSSR count). The van der Waals surface area contributed by atoms with Crippen molar-refractivity contribution in [3.8, 4) is 11.3 Å². The van der Waals surface area contributed by atoms with Gasteiger partial charge in [0, 0.05) is 5.56 Å².